The van der Waals surface area contributed by atoms with Gasteiger partial charge < -0.3 is 10.5 Å². The minimum absolute atomic E-state index is 0.236. The number of ether oxygens (including phenoxy) is 1. The van der Waals surface area contributed by atoms with Crippen molar-refractivity contribution in [2.75, 3.05) is 19.1 Å². The number of methoxy groups -OCH3 is 1. The molecule has 0 radical (unpaired) electrons. The Labute approximate surface area is 146 Å². The summed E-state index contributed by atoms with van der Waals surface area (Å²) in [4.78, 5) is 24.9. The van der Waals surface area contributed by atoms with Gasteiger partial charge in [0.25, 0.3) is 0 Å². The van der Waals surface area contributed by atoms with Crippen LogP contribution in [0.1, 0.15) is 16.8 Å². The van der Waals surface area contributed by atoms with Gasteiger partial charge in [0, 0.05) is 5.56 Å². The Balaban J connectivity index is 2.28. The molecule has 0 saturated carbocycles. The van der Waals surface area contributed by atoms with Gasteiger partial charge in [-0.25, -0.2) is 4.79 Å². The molecule has 0 aliphatic heterocycles. The maximum atomic E-state index is 12.8. The van der Waals surface area contributed by atoms with E-state index in [2.05, 4.69) is 0 Å². The first-order valence-corrected chi connectivity index (χ1v) is 8.99. The van der Waals surface area contributed by atoms with Crippen molar-refractivity contribution in [3.63, 3.8) is 0 Å². The number of esters is 1. The second kappa shape index (κ2) is 8.13. The van der Waals surface area contributed by atoms with Crippen molar-refractivity contribution in [3.8, 4) is 11.1 Å². The third kappa shape index (κ3) is 3.86. The van der Waals surface area contributed by atoms with Crippen molar-refractivity contribution < 1.29 is 14.3 Å². The summed E-state index contributed by atoms with van der Waals surface area (Å²) in [5, 5.41) is 0. The van der Waals surface area contributed by atoms with Crippen LogP contribution in [0.4, 0.5) is 0 Å². The summed E-state index contributed by atoms with van der Waals surface area (Å²) in [5.41, 5.74) is 6.94. The van der Waals surface area contributed by atoms with E-state index in [1.807, 2.05) is 48.7 Å². The predicted molar refractivity (Wildman–Crippen MR) is 98.1 cm³/mol. The molecule has 4 nitrogen and oxygen atoms in total. The summed E-state index contributed by atoms with van der Waals surface area (Å²) in [6.07, 6.45) is 2.14. The second-order valence-electron chi connectivity index (χ2n) is 5.48. The van der Waals surface area contributed by atoms with E-state index in [4.69, 9.17) is 10.5 Å². The zero-order valence-corrected chi connectivity index (χ0v) is 14.6. The summed E-state index contributed by atoms with van der Waals surface area (Å²) < 4.78 is 4.75. The maximum Gasteiger partial charge on any atom is 0.334 e. The van der Waals surface area contributed by atoms with Crippen molar-refractivity contribution in [3.05, 3.63) is 60.2 Å². The number of Topliss-reactive ketones (excluding diaryl/α,β-unsaturated/α-hetero) is 1. The Morgan fingerprint density at radius 3 is 2.17 bits per heavy atom. The van der Waals surface area contributed by atoms with Crippen molar-refractivity contribution in [2.45, 2.75) is 12.0 Å². The van der Waals surface area contributed by atoms with Crippen LogP contribution in [-0.4, -0.2) is 36.4 Å². The van der Waals surface area contributed by atoms with E-state index in [0.717, 1.165) is 11.1 Å². The van der Waals surface area contributed by atoms with Gasteiger partial charge in [-0.3, -0.25) is 4.79 Å². The molecule has 24 heavy (non-hydrogen) atoms. The average Bonchev–Trinajstić information content (AvgIpc) is 2.65. The third-order valence-corrected chi connectivity index (χ3v) is 4.52. The minimum atomic E-state index is -1.65. The summed E-state index contributed by atoms with van der Waals surface area (Å²) in [6.45, 7) is 0. The molecule has 0 bridgehead atoms. The summed E-state index contributed by atoms with van der Waals surface area (Å²) in [5.74, 6) is -0.518. The van der Waals surface area contributed by atoms with Crippen LogP contribution in [0.5, 0.6) is 0 Å². The Morgan fingerprint density at radius 1 is 1.04 bits per heavy atom. The van der Waals surface area contributed by atoms with E-state index in [1.54, 1.807) is 12.1 Å². The van der Waals surface area contributed by atoms with E-state index < -0.39 is 17.3 Å². The van der Waals surface area contributed by atoms with Gasteiger partial charge in [0.05, 0.1) is 7.11 Å². The number of carbonyl (C=O) groups excluding carboxylic acids is 2. The quantitative estimate of drug-likeness (QED) is 0.475. The van der Waals surface area contributed by atoms with Gasteiger partial charge in [-0.1, -0.05) is 54.6 Å². The van der Waals surface area contributed by atoms with Gasteiger partial charge in [-0.2, -0.15) is 11.8 Å². The van der Waals surface area contributed by atoms with Gasteiger partial charge in [0.15, 0.2) is 11.3 Å². The van der Waals surface area contributed by atoms with Crippen molar-refractivity contribution in [1.82, 2.24) is 0 Å². The number of benzene rings is 2. The lowest BCUT2D eigenvalue weighted by Gasteiger charge is -2.24. The molecule has 0 aliphatic carbocycles. The molecule has 0 fully saturated rings. The number of carbonyl (C=O) groups is 2. The van der Waals surface area contributed by atoms with E-state index in [1.165, 1.54) is 18.9 Å². The fourth-order valence-corrected chi connectivity index (χ4v) is 2.98. The second-order valence-corrected chi connectivity index (χ2v) is 6.46. The molecule has 2 N–H and O–H groups in total. The SMILES string of the molecule is COC(=O)C(N)(CCSC)C(=O)c1ccc(-c2ccccc2)cc1. The zero-order valence-electron chi connectivity index (χ0n) is 13.8. The van der Waals surface area contributed by atoms with Gasteiger partial charge in [0.2, 0.25) is 0 Å². The van der Waals surface area contributed by atoms with Crippen LogP contribution >= 0.6 is 11.8 Å². The third-order valence-electron chi connectivity index (χ3n) is 3.91. The number of hydrogen-bond acceptors (Lipinski definition) is 5. The molecule has 0 amide bonds. The molecule has 0 aliphatic rings. The van der Waals surface area contributed by atoms with Gasteiger partial charge in [-0.05, 0) is 29.6 Å². The first-order chi connectivity index (χ1) is 11.5. The maximum absolute atomic E-state index is 12.8. The highest BCUT2D eigenvalue weighted by molar-refractivity contribution is 7.98. The van der Waals surface area contributed by atoms with Crippen LogP contribution in [0.3, 0.4) is 0 Å². The van der Waals surface area contributed by atoms with Gasteiger partial charge >= 0.3 is 5.97 Å². The molecule has 0 aromatic heterocycles. The lowest BCUT2D eigenvalue weighted by Crippen LogP contribution is -2.56. The highest BCUT2D eigenvalue weighted by Gasteiger charge is 2.43. The predicted octanol–water partition coefficient (Wildman–Crippen LogP) is 3.16. The molecule has 2 rings (SSSR count). The molecule has 0 heterocycles. The molecule has 1 atom stereocenters. The van der Waals surface area contributed by atoms with Crippen LogP contribution in [0.25, 0.3) is 11.1 Å². The number of nitrogens with two attached hydrogens (primary N) is 1. The minimum Gasteiger partial charge on any atom is -0.467 e. The molecule has 0 spiro atoms. The molecule has 2 aromatic rings. The van der Waals surface area contributed by atoms with E-state index >= 15 is 0 Å². The van der Waals surface area contributed by atoms with Crippen LogP contribution in [0, 0.1) is 0 Å². The molecular weight excluding hydrogens is 322 g/mol. The largest absolute Gasteiger partial charge is 0.467 e. The fourth-order valence-electron chi connectivity index (χ4n) is 2.46. The number of hydrogen-bond donors (Lipinski definition) is 1. The Morgan fingerprint density at radius 2 is 1.62 bits per heavy atom. The molecule has 1 unspecified atom stereocenters. The Hall–Kier alpha value is -2.11. The summed E-state index contributed by atoms with van der Waals surface area (Å²) >= 11 is 1.53. The summed E-state index contributed by atoms with van der Waals surface area (Å²) in [7, 11) is 1.24. The number of rotatable bonds is 7. The van der Waals surface area contributed by atoms with E-state index in [0.29, 0.717) is 11.3 Å². The van der Waals surface area contributed by atoms with Crippen LogP contribution in [0.2, 0.25) is 0 Å². The summed E-state index contributed by atoms with van der Waals surface area (Å²) in [6, 6.07) is 17.0. The standard InChI is InChI=1S/C19H21NO3S/c1-23-18(22)19(20,12-13-24-2)17(21)16-10-8-15(9-11-16)14-6-4-3-5-7-14/h3-11H,12-13,20H2,1-2H3. The van der Waals surface area contributed by atoms with E-state index in [9.17, 15) is 9.59 Å². The first-order valence-electron chi connectivity index (χ1n) is 7.59. The monoisotopic (exact) mass is 343 g/mol. The molecule has 126 valence electrons. The van der Waals surface area contributed by atoms with Crippen molar-refractivity contribution in [2.24, 2.45) is 5.73 Å². The van der Waals surface area contributed by atoms with Crippen LogP contribution < -0.4 is 5.73 Å². The topological polar surface area (TPSA) is 69.4 Å². The van der Waals surface area contributed by atoms with E-state index in [-0.39, 0.29) is 6.42 Å². The molecule has 5 heteroatoms. The lowest BCUT2D eigenvalue weighted by atomic mass is 9.87. The molecule has 0 saturated heterocycles. The van der Waals surface area contributed by atoms with Crippen LogP contribution in [-0.2, 0) is 9.53 Å². The molecule has 2 aromatic carbocycles. The lowest BCUT2D eigenvalue weighted by molar-refractivity contribution is -0.145. The number of thioether (sulfide) groups is 1. The van der Waals surface area contributed by atoms with Crippen LogP contribution in [0.15, 0.2) is 54.6 Å². The fraction of sp³-hybridized carbons (Fsp3) is 0.263. The first kappa shape index (κ1) is 18.2. The van der Waals surface area contributed by atoms with Gasteiger partial charge in [0.1, 0.15) is 0 Å². The van der Waals surface area contributed by atoms with Gasteiger partial charge in [-0.15, -0.1) is 0 Å². The normalized spacial score (nSPS) is 13.1. The smallest absolute Gasteiger partial charge is 0.334 e. The highest BCUT2D eigenvalue weighted by atomic mass is 32.2. The Kier molecular flexibility index (Phi) is 6.17. The zero-order chi connectivity index (χ0) is 17.6. The van der Waals surface area contributed by atoms with Crippen molar-refractivity contribution >= 4 is 23.5 Å². The highest BCUT2D eigenvalue weighted by Crippen LogP contribution is 2.23. The van der Waals surface area contributed by atoms with Crippen molar-refractivity contribution in [1.29, 1.82) is 0 Å². The molecular formula is C19H21NO3S. The number of ketones is 1. The average molecular weight is 343 g/mol. The Bertz CT molecular complexity index is 700.